The molecule has 0 heterocycles. The molecule has 15 rings (SSSR count). The van der Waals surface area contributed by atoms with Gasteiger partial charge < -0.3 is 9.80 Å². The summed E-state index contributed by atoms with van der Waals surface area (Å²) < 4.78 is 0. The SMILES string of the molecule is CC1(C)c2cc(N(c3ccc4ccccc4c3)c3cc4ccc3CCc3ccc(c(N(c5ccccc5)c5ccc(C6CCCCC6)cc5)c3)CC4)ccc2-c2c(-c3ccccc3)cccc21. The fraction of sp³-hybridized carbons (Fsp3) is 0.200. The van der Waals surface area contributed by atoms with Gasteiger partial charge >= 0.3 is 0 Å². The molecule has 9 aromatic carbocycles. The molecule has 67 heavy (non-hydrogen) atoms. The Morgan fingerprint density at radius 3 is 1.69 bits per heavy atom. The van der Waals surface area contributed by atoms with Crippen LogP contribution in [0.1, 0.15) is 90.8 Å². The van der Waals surface area contributed by atoms with Gasteiger partial charge in [0.25, 0.3) is 0 Å². The van der Waals surface area contributed by atoms with Crippen molar-refractivity contribution < 1.29 is 0 Å². The van der Waals surface area contributed by atoms with E-state index in [9.17, 15) is 0 Å². The standard InChI is InChI=1S/C65H58N2/c1-65(2)60-24-14-23-58(50-18-8-4-9-19-50)64(60)59-40-39-57(44-61(59)65)67(56-38-35-48-17-12-13-20-53(48)43-56)63-42-46-26-30-51-29-25-45(27-31-52(63)32-28-46)41-62(51)66(54-21-10-5-11-22-54)55-36-33-49(34-37-55)47-15-6-3-7-16-47/h4-5,8-14,17-25,28-29,32-44,47H,3,6-7,15-16,26-27,30-31H2,1-2H3. The summed E-state index contributed by atoms with van der Waals surface area (Å²) in [5.41, 5.74) is 22.2. The Kier molecular flexibility index (Phi) is 10.6. The summed E-state index contributed by atoms with van der Waals surface area (Å²) in [4.78, 5) is 5.08. The van der Waals surface area contributed by atoms with Crippen LogP contribution in [0.5, 0.6) is 0 Å². The fourth-order valence-corrected chi connectivity index (χ4v) is 11.8. The number of hydrogen-bond donors (Lipinski definition) is 0. The zero-order valence-corrected chi connectivity index (χ0v) is 38.9. The Labute approximate surface area is 397 Å². The minimum absolute atomic E-state index is 0.170. The third kappa shape index (κ3) is 7.63. The molecule has 2 nitrogen and oxygen atoms in total. The van der Waals surface area contributed by atoms with Gasteiger partial charge in [0.1, 0.15) is 0 Å². The number of aryl methyl sites for hydroxylation is 4. The Bertz CT molecular complexity index is 3250. The van der Waals surface area contributed by atoms with Gasteiger partial charge in [0, 0.05) is 39.5 Å². The van der Waals surface area contributed by atoms with Crippen molar-refractivity contribution in [2.45, 2.75) is 83.0 Å². The summed E-state index contributed by atoms with van der Waals surface area (Å²) in [6, 6.07) is 76.1. The van der Waals surface area contributed by atoms with Gasteiger partial charge in [-0.3, -0.25) is 0 Å². The lowest BCUT2D eigenvalue weighted by Crippen LogP contribution is -2.17. The molecule has 0 N–H and O–H groups in total. The minimum Gasteiger partial charge on any atom is -0.310 e. The van der Waals surface area contributed by atoms with Crippen molar-refractivity contribution in [1.82, 2.24) is 0 Å². The van der Waals surface area contributed by atoms with E-state index in [-0.39, 0.29) is 5.41 Å². The Morgan fingerprint density at radius 2 is 0.985 bits per heavy atom. The van der Waals surface area contributed by atoms with Crippen molar-refractivity contribution in [3.05, 3.63) is 239 Å². The molecule has 2 heteroatoms. The van der Waals surface area contributed by atoms with Gasteiger partial charge in [0.2, 0.25) is 0 Å². The van der Waals surface area contributed by atoms with E-state index in [1.807, 2.05) is 0 Å². The second-order valence-corrected chi connectivity index (χ2v) is 19.8. The Hall–Kier alpha value is -7.16. The van der Waals surface area contributed by atoms with Crippen LogP contribution in [0.15, 0.2) is 200 Å². The summed E-state index contributed by atoms with van der Waals surface area (Å²) in [5, 5.41) is 2.50. The van der Waals surface area contributed by atoms with Crippen LogP contribution >= 0.6 is 0 Å². The second-order valence-electron chi connectivity index (χ2n) is 19.8. The van der Waals surface area contributed by atoms with E-state index in [1.54, 1.807) is 0 Å². The molecule has 9 aromatic rings. The van der Waals surface area contributed by atoms with Gasteiger partial charge in [-0.1, -0.05) is 173 Å². The van der Waals surface area contributed by atoms with Crippen molar-refractivity contribution in [2.75, 3.05) is 9.80 Å². The number of anilines is 6. The fourth-order valence-electron chi connectivity index (χ4n) is 11.8. The van der Waals surface area contributed by atoms with Gasteiger partial charge in [-0.05, 0) is 177 Å². The topological polar surface area (TPSA) is 6.48 Å². The maximum atomic E-state index is 2.57. The molecule has 0 amide bonds. The van der Waals surface area contributed by atoms with Crippen molar-refractivity contribution in [3.63, 3.8) is 0 Å². The summed E-state index contributed by atoms with van der Waals surface area (Å²) in [7, 11) is 0. The molecule has 0 radical (unpaired) electrons. The highest BCUT2D eigenvalue weighted by Crippen LogP contribution is 2.54. The largest absolute Gasteiger partial charge is 0.310 e. The van der Waals surface area contributed by atoms with Crippen LogP contribution in [0.3, 0.4) is 0 Å². The van der Waals surface area contributed by atoms with Crippen molar-refractivity contribution in [2.24, 2.45) is 0 Å². The van der Waals surface area contributed by atoms with Crippen LogP contribution < -0.4 is 9.80 Å². The predicted molar refractivity (Wildman–Crippen MR) is 283 cm³/mol. The number of fused-ring (bicyclic) bond motifs is 4. The van der Waals surface area contributed by atoms with Crippen molar-refractivity contribution in [1.29, 1.82) is 0 Å². The quantitative estimate of drug-likeness (QED) is 0.150. The lowest BCUT2D eigenvalue weighted by atomic mass is 9.81. The zero-order chi connectivity index (χ0) is 44.9. The van der Waals surface area contributed by atoms with E-state index in [4.69, 9.17) is 0 Å². The van der Waals surface area contributed by atoms with E-state index < -0.39 is 0 Å². The van der Waals surface area contributed by atoms with Gasteiger partial charge in [0.15, 0.2) is 0 Å². The summed E-state index contributed by atoms with van der Waals surface area (Å²) in [6.45, 7) is 4.82. The minimum atomic E-state index is -0.170. The lowest BCUT2D eigenvalue weighted by Gasteiger charge is -2.31. The molecule has 0 spiro atoms. The summed E-state index contributed by atoms with van der Waals surface area (Å²) in [5.74, 6) is 0.685. The molecule has 1 fully saturated rings. The first kappa shape index (κ1) is 41.3. The zero-order valence-electron chi connectivity index (χ0n) is 38.9. The second kappa shape index (κ2) is 17.2. The number of nitrogens with zero attached hydrogens (tertiary/aromatic N) is 2. The first-order valence-corrected chi connectivity index (χ1v) is 24.8. The third-order valence-electron chi connectivity index (χ3n) is 15.4. The van der Waals surface area contributed by atoms with E-state index in [0.29, 0.717) is 5.92 Å². The highest BCUT2D eigenvalue weighted by atomic mass is 15.2. The molecule has 6 aliphatic rings. The average molecular weight is 867 g/mol. The predicted octanol–water partition coefficient (Wildman–Crippen LogP) is 17.7. The third-order valence-corrected chi connectivity index (χ3v) is 15.4. The monoisotopic (exact) mass is 866 g/mol. The van der Waals surface area contributed by atoms with Crippen LogP contribution in [-0.2, 0) is 31.1 Å². The average Bonchev–Trinajstić information content (AvgIpc) is 3.61. The maximum Gasteiger partial charge on any atom is 0.0496 e. The van der Waals surface area contributed by atoms with Crippen molar-refractivity contribution in [3.8, 4) is 22.3 Å². The molecule has 0 aliphatic heterocycles. The molecule has 0 saturated heterocycles. The molecule has 0 aromatic heterocycles. The van der Waals surface area contributed by atoms with Crippen LogP contribution in [0, 0.1) is 0 Å². The van der Waals surface area contributed by atoms with Gasteiger partial charge in [-0.2, -0.15) is 0 Å². The summed E-state index contributed by atoms with van der Waals surface area (Å²) >= 11 is 0. The molecule has 328 valence electrons. The van der Waals surface area contributed by atoms with E-state index in [0.717, 1.165) is 25.7 Å². The first-order valence-electron chi connectivity index (χ1n) is 24.8. The molecule has 1 saturated carbocycles. The number of para-hydroxylation sites is 1. The normalized spacial score (nSPS) is 15.1. The molecule has 4 bridgehead atoms. The Morgan fingerprint density at radius 1 is 0.403 bits per heavy atom. The lowest BCUT2D eigenvalue weighted by molar-refractivity contribution is 0.443. The summed E-state index contributed by atoms with van der Waals surface area (Å²) in [6.07, 6.45) is 10.4. The number of benzene rings is 9. The maximum absolute atomic E-state index is 2.57. The number of hydrogen-bond acceptors (Lipinski definition) is 2. The van der Waals surface area contributed by atoms with Gasteiger partial charge in [-0.25, -0.2) is 0 Å². The highest BCUT2D eigenvalue weighted by molar-refractivity contribution is 5.95. The molecule has 6 aliphatic carbocycles. The smallest absolute Gasteiger partial charge is 0.0496 e. The molecular weight excluding hydrogens is 809 g/mol. The molecular formula is C65H58N2. The number of rotatable bonds is 8. The van der Waals surface area contributed by atoms with Crippen LogP contribution in [0.4, 0.5) is 34.1 Å². The van der Waals surface area contributed by atoms with E-state index in [1.165, 1.54) is 138 Å². The van der Waals surface area contributed by atoms with Gasteiger partial charge in [-0.15, -0.1) is 0 Å². The van der Waals surface area contributed by atoms with Crippen LogP contribution in [-0.4, -0.2) is 0 Å². The molecule has 0 unspecified atom stereocenters. The highest BCUT2D eigenvalue weighted by Gasteiger charge is 2.38. The van der Waals surface area contributed by atoms with Gasteiger partial charge in [0.05, 0.1) is 0 Å². The first-order chi connectivity index (χ1) is 33.0. The molecule has 0 atom stereocenters. The Balaban J connectivity index is 0.950. The van der Waals surface area contributed by atoms with E-state index >= 15 is 0 Å². The van der Waals surface area contributed by atoms with Crippen LogP contribution in [0.2, 0.25) is 0 Å². The van der Waals surface area contributed by atoms with E-state index in [2.05, 4.69) is 224 Å². The van der Waals surface area contributed by atoms with Crippen LogP contribution in [0.25, 0.3) is 33.0 Å². The van der Waals surface area contributed by atoms with Crippen molar-refractivity contribution >= 4 is 44.9 Å².